The van der Waals surface area contributed by atoms with E-state index in [1.165, 1.54) is 6.07 Å². The molecule has 0 unspecified atom stereocenters. The van der Waals surface area contributed by atoms with E-state index in [2.05, 4.69) is 17.1 Å². The van der Waals surface area contributed by atoms with E-state index in [9.17, 15) is 13.6 Å². The smallest absolute Gasteiger partial charge is 0.256 e. The SMILES string of the molecule is CCN1CCc2nc3ccccc3c(C(=O)Nc3ccc(F)cc3F)c2C1. The van der Waals surface area contributed by atoms with Crippen LogP contribution in [0.1, 0.15) is 28.5 Å². The Hall–Kier alpha value is -2.86. The number of hydrogen-bond acceptors (Lipinski definition) is 3. The van der Waals surface area contributed by atoms with Gasteiger partial charge in [-0.2, -0.15) is 0 Å². The zero-order valence-corrected chi connectivity index (χ0v) is 14.9. The van der Waals surface area contributed by atoms with Crippen molar-refractivity contribution >= 4 is 22.5 Å². The second kappa shape index (κ2) is 7.04. The third-order valence-corrected chi connectivity index (χ3v) is 4.98. The number of para-hydroxylation sites is 1. The highest BCUT2D eigenvalue weighted by Crippen LogP contribution is 2.29. The lowest BCUT2D eigenvalue weighted by Gasteiger charge is -2.29. The van der Waals surface area contributed by atoms with E-state index in [1.807, 2.05) is 24.3 Å². The van der Waals surface area contributed by atoms with Crippen LogP contribution in [0.4, 0.5) is 14.5 Å². The summed E-state index contributed by atoms with van der Waals surface area (Å²) in [6.45, 7) is 4.47. The molecular formula is C21H19F2N3O. The summed E-state index contributed by atoms with van der Waals surface area (Å²) in [6.07, 6.45) is 0.763. The Kier molecular flexibility index (Phi) is 4.58. The Morgan fingerprint density at radius 1 is 1.22 bits per heavy atom. The number of amides is 1. The minimum Gasteiger partial charge on any atom is -0.319 e. The third kappa shape index (κ3) is 3.28. The molecule has 6 heteroatoms. The summed E-state index contributed by atoms with van der Waals surface area (Å²) in [5.74, 6) is -1.89. The van der Waals surface area contributed by atoms with Crippen LogP contribution in [0, 0.1) is 11.6 Å². The van der Waals surface area contributed by atoms with Gasteiger partial charge in [0.25, 0.3) is 5.91 Å². The standard InChI is InChI=1S/C21H19F2N3O/c1-2-26-10-9-18-15(12-26)20(14-5-3-4-6-17(14)24-18)21(27)25-19-8-7-13(22)11-16(19)23/h3-8,11H,2,9-10,12H2,1H3,(H,25,27). The summed E-state index contributed by atoms with van der Waals surface area (Å²) in [5, 5.41) is 3.33. The quantitative estimate of drug-likeness (QED) is 0.757. The van der Waals surface area contributed by atoms with Crippen molar-refractivity contribution in [2.45, 2.75) is 19.9 Å². The van der Waals surface area contributed by atoms with E-state index in [1.54, 1.807) is 0 Å². The van der Waals surface area contributed by atoms with Crippen molar-refractivity contribution in [3.63, 3.8) is 0 Å². The van der Waals surface area contributed by atoms with Gasteiger partial charge in [0.1, 0.15) is 11.6 Å². The fourth-order valence-electron chi connectivity index (χ4n) is 3.55. The van der Waals surface area contributed by atoms with Gasteiger partial charge in [-0.15, -0.1) is 0 Å². The molecule has 1 aliphatic heterocycles. The minimum absolute atomic E-state index is 0.0424. The van der Waals surface area contributed by atoms with E-state index in [0.29, 0.717) is 12.1 Å². The number of nitrogens with zero attached hydrogens (tertiary/aromatic N) is 2. The van der Waals surface area contributed by atoms with E-state index >= 15 is 0 Å². The Morgan fingerprint density at radius 3 is 2.81 bits per heavy atom. The van der Waals surface area contributed by atoms with Gasteiger partial charge in [-0.25, -0.2) is 8.78 Å². The molecule has 0 bridgehead atoms. The lowest BCUT2D eigenvalue weighted by Crippen LogP contribution is -2.33. The lowest BCUT2D eigenvalue weighted by atomic mass is 9.95. The highest BCUT2D eigenvalue weighted by atomic mass is 19.1. The molecule has 2 aromatic carbocycles. The third-order valence-electron chi connectivity index (χ3n) is 4.98. The zero-order valence-electron chi connectivity index (χ0n) is 14.9. The fraction of sp³-hybridized carbons (Fsp3) is 0.238. The predicted octanol–water partition coefficient (Wildman–Crippen LogP) is 4.14. The van der Waals surface area contributed by atoms with E-state index in [-0.39, 0.29) is 5.69 Å². The van der Waals surface area contributed by atoms with Gasteiger partial charge in [0.15, 0.2) is 0 Å². The molecule has 138 valence electrons. The van der Waals surface area contributed by atoms with E-state index < -0.39 is 17.5 Å². The molecule has 27 heavy (non-hydrogen) atoms. The normalized spacial score (nSPS) is 14.2. The first-order chi connectivity index (χ1) is 13.1. The van der Waals surface area contributed by atoms with Gasteiger partial charge in [-0.05, 0) is 24.7 Å². The maximum atomic E-state index is 14.0. The largest absolute Gasteiger partial charge is 0.319 e. The molecule has 4 rings (SSSR count). The molecule has 0 atom stereocenters. The summed E-state index contributed by atoms with van der Waals surface area (Å²) < 4.78 is 27.2. The minimum atomic E-state index is -0.800. The number of benzene rings is 2. The Bertz CT molecular complexity index is 1040. The van der Waals surface area contributed by atoms with Crippen LogP contribution in [-0.4, -0.2) is 28.9 Å². The second-order valence-electron chi connectivity index (χ2n) is 6.63. The molecular weight excluding hydrogens is 348 g/mol. The van der Waals surface area contributed by atoms with Gasteiger partial charge >= 0.3 is 0 Å². The van der Waals surface area contributed by atoms with Crippen LogP contribution in [0.2, 0.25) is 0 Å². The number of carbonyl (C=O) groups is 1. The van der Waals surface area contributed by atoms with Crippen LogP contribution >= 0.6 is 0 Å². The first kappa shape index (κ1) is 17.5. The van der Waals surface area contributed by atoms with Crippen molar-refractivity contribution in [2.24, 2.45) is 0 Å². The molecule has 0 fully saturated rings. The number of halogens is 2. The lowest BCUT2D eigenvalue weighted by molar-refractivity contribution is 0.102. The molecule has 0 saturated carbocycles. The molecule has 2 heterocycles. The van der Waals surface area contributed by atoms with Crippen molar-refractivity contribution in [2.75, 3.05) is 18.4 Å². The summed E-state index contributed by atoms with van der Waals surface area (Å²) in [5.41, 5.74) is 2.99. The second-order valence-corrected chi connectivity index (χ2v) is 6.63. The summed E-state index contributed by atoms with van der Waals surface area (Å²) in [6, 6.07) is 10.6. The Labute approximate surface area is 155 Å². The number of pyridine rings is 1. The molecule has 3 aromatic rings. The van der Waals surface area contributed by atoms with Crippen LogP contribution in [0.5, 0.6) is 0 Å². The number of rotatable bonds is 3. The molecule has 4 nitrogen and oxygen atoms in total. The molecule has 1 aliphatic rings. The van der Waals surface area contributed by atoms with Crippen molar-refractivity contribution in [1.82, 2.24) is 9.88 Å². The number of hydrogen-bond donors (Lipinski definition) is 1. The molecule has 1 aromatic heterocycles. The van der Waals surface area contributed by atoms with Crippen LogP contribution in [0.3, 0.4) is 0 Å². The van der Waals surface area contributed by atoms with Crippen LogP contribution in [0.15, 0.2) is 42.5 Å². The van der Waals surface area contributed by atoms with Gasteiger partial charge in [0.05, 0.1) is 16.8 Å². The average molecular weight is 367 g/mol. The maximum Gasteiger partial charge on any atom is 0.256 e. The van der Waals surface area contributed by atoms with Gasteiger partial charge in [-0.3, -0.25) is 14.7 Å². The van der Waals surface area contributed by atoms with Crippen molar-refractivity contribution < 1.29 is 13.6 Å². The monoisotopic (exact) mass is 367 g/mol. The van der Waals surface area contributed by atoms with Crippen molar-refractivity contribution in [1.29, 1.82) is 0 Å². The van der Waals surface area contributed by atoms with Gasteiger partial charge in [0.2, 0.25) is 0 Å². The number of aromatic nitrogens is 1. The number of likely N-dealkylation sites (N-methyl/N-ethyl adjacent to an activating group) is 1. The molecule has 0 spiro atoms. The average Bonchev–Trinajstić information content (AvgIpc) is 2.67. The Morgan fingerprint density at radius 2 is 2.04 bits per heavy atom. The van der Waals surface area contributed by atoms with E-state index in [4.69, 9.17) is 4.98 Å². The van der Waals surface area contributed by atoms with Crippen LogP contribution < -0.4 is 5.32 Å². The fourth-order valence-corrected chi connectivity index (χ4v) is 3.55. The predicted molar refractivity (Wildman–Crippen MR) is 101 cm³/mol. The summed E-state index contributed by atoms with van der Waals surface area (Å²) in [4.78, 5) is 20.1. The molecule has 0 saturated heterocycles. The van der Waals surface area contributed by atoms with Crippen molar-refractivity contribution in [3.05, 3.63) is 70.9 Å². The highest BCUT2D eigenvalue weighted by molar-refractivity contribution is 6.13. The highest BCUT2D eigenvalue weighted by Gasteiger charge is 2.25. The first-order valence-electron chi connectivity index (χ1n) is 8.96. The van der Waals surface area contributed by atoms with Crippen LogP contribution in [0.25, 0.3) is 10.9 Å². The van der Waals surface area contributed by atoms with Crippen LogP contribution in [-0.2, 0) is 13.0 Å². The molecule has 1 amide bonds. The topological polar surface area (TPSA) is 45.2 Å². The maximum absolute atomic E-state index is 14.0. The number of nitrogens with one attached hydrogen (secondary N) is 1. The summed E-state index contributed by atoms with van der Waals surface area (Å²) >= 11 is 0. The summed E-state index contributed by atoms with van der Waals surface area (Å²) in [7, 11) is 0. The van der Waals surface area contributed by atoms with Crippen molar-refractivity contribution in [3.8, 4) is 0 Å². The van der Waals surface area contributed by atoms with E-state index in [0.717, 1.165) is 53.8 Å². The zero-order chi connectivity index (χ0) is 19.0. The van der Waals surface area contributed by atoms with Gasteiger partial charge in [0, 0.05) is 42.2 Å². The number of carbonyl (C=O) groups excluding carboxylic acids is 1. The Balaban J connectivity index is 1.82. The number of anilines is 1. The van der Waals surface area contributed by atoms with Gasteiger partial charge in [-0.1, -0.05) is 25.1 Å². The molecule has 1 N–H and O–H groups in total. The molecule has 0 aliphatic carbocycles. The molecule has 0 radical (unpaired) electrons. The number of fused-ring (bicyclic) bond motifs is 2. The van der Waals surface area contributed by atoms with Gasteiger partial charge < -0.3 is 5.32 Å². The first-order valence-corrected chi connectivity index (χ1v) is 8.96.